The first kappa shape index (κ1) is 21.9. The third-order valence-corrected chi connectivity index (χ3v) is 5.46. The first-order valence-electron chi connectivity index (χ1n) is 10.0. The van der Waals surface area contributed by atoms with Crippen LogP contribution in [0, 0.1) is 5.92 Å². The molecular weight excluding hydrogens is 393 g/mol. The number of amides is 2. The lowest BCUT2D eigenvalue weighted by Gasteiger charge is -2.31. The minimum atomic E-state index is -4.43. The molecule has 2 amide bonds. The van der Waals surface area contributed by atoms with Crippen LogP contribution < -0.4 is 5.32 Å². The zero-order valence-corrected chi connectivity index (χ0v) is 17.0. The van der Waals surface area contributed by atoms with E-state index in [1.165, 1.54) is 17.7 Å². The zero-order chi connectivity index (χ0) is 21.9. The predicted octanol–water partition coefficient (Wildman–Crippen LogP) is 5.32. The number of carbonyl (C=O) groups is 2. The van der Waals surface area contributed by atoms with Crippen LogP contribution in [0.1, 0.15) is 54.1 Å². The van der Waals surface area contributed by atoms with E-state index in [0.717, 1.165) is 17.8 Å². The number of hydrogen-bond acceptors (Lipinski definition) is 2. The molecule has 1 heterocycles. The van der Waals surface area contributed by atoms with Crippen LogP contribution in [0.3, 0.4) is 0 Å². The molecular formula is C23H25F3N2O2. The summed E-state index contributed by atoms with van der Waals surface area (Å²) in [7, 11) is 0. The molecule has 1 fully saturated rings. The molecule has 1 N–H and O–H groups in total. The Hall–Kier alpha value is -2.83. The van der Waals surface area contributed by atoms with Gasteiger partial charge in [0.2, 0.25) is 5.91 Å². The first-order chi connectivity index (χ1) is 14.1. The monoisotopic (exact) mass is 418 g/mol. The van der Waals surface area contributed by atoms with Gasteiger partial charge < -0.3 is 10.2 Å². The molecule has 30 heavy (non-hydrogen) atoms. The van der Waals surface area contributed by atoms with Gasteiger partial charge in [-0.25, -0.2) is 0 Å². The Kier molecular flexibility index (Phi) is 6.48. The average Bonchev–Trinajstić information content (AvgIpc) is 2.73. The van der Waals surface area contributed by atoms with Gasteiger partial charge in [-0.1, -0.05) is 26.0 Å². The van der Waals surface area contributed by atoms with E-state index in [0.29, 0.717) is 31.8 Å². The predicted molar refractivity (Wildman–Crippen MR) is 109 cm³/mol. The standard InChI is InChI=1S/C23H25F3N2O2/c1-15(2)16-5-9-20(10-6-16)27-21(29)17-11-13-28(14-12-17)22(30)18-3-7-19(8-4-18)23(24,25)26/h3-10,15,17H,11-14H2,1-2H3,(H,27,29). The topological polar surface area (TPSA) is 49.4 Å². The quantitative estimate of drug-likeness (QED) is 0.731. The maximum atomic E-state index is 12.7. The normalized spacial score (nSPS) is 15.3. The molecule has 0 bridgehead atoms. The van der Waals surface area contributed by atoms with Crippen molar-refractivity contribution >= 4 is 17.5 Å². The fourth-order valence-electron chi connectivity index (χ4n) is 3.52. The lowest BCUT2D eigenvalue weighted by molar-refractivity contribution is -0.137. The Labute approximate surface area is 174 Å². The number of likely N-dealkylation sites (tertiary alicyclic amines) is 1. The van der Waals surface area contributed by atoms with Crippen LogP contribution >= 0.6 is 0 Å². The van der Waals surface area contributed by atoms with Crippen molar-refractivity contribution in [3.63, 3.8) is 0 Å². The van der Waals surface area contributed by atoms with E-state index in [1.807, 2.05) is 24.3 Å². The number of carbonyl (C=O) groups excluding carboxylic acids is 2. The summed E-state index contributed by atoms with van der Waals surface area (Å²) in [6.07, 6.45) is -3.40. The third kappa shape index (κ3) is 5.20. The summed E-state index contributed by atoms with van der Waals surface area (Å²) in [6.45, 7) is 5.00. The maximum Gasteiger partial charge on any atom is 0.416 e. The van der Waals surface area contributed by atoms with E-state index in [9.17, 15) is 22.8 Å². The van der Waals surface area contributed by atoms with Crippen molar-refractivity contribution < 1.29 is 22.8 Å². The summed E-state index contributed by atoms with van der Waals surface area (Å²) in [4.78, 5) is 26.7. The second kappa shape index (κ2) is 8.90. The van der Waals surface area contributed by atoms with Gasteiger partial charge >= 0.3 is 6.18 Å². The van der Waals surface area contributed by atoms with E-state index < -0.39 is 11.7 Å². The number of rotatable bonds is 4. The van der Waals surface area contributed by atoms with Crippen molar-refractivity contribution in [1.29, 1.82) is 0 Å². The SMILES string of the molecule is CC(C)c1ccc(NC(=O)C2CCN(C(=O)c3ccc(C(F)(F)F)cc3)CC2)cc1. The number of hydrogen-bond donors (Lipinski definition) is 1. The average molecular weight is 418 g/mol. The molecule has 0 atom stereocenters. The maximum absolute atomic E-state index is 12.7. The Morgan fingerprint density at radius 1 is 0.967 bits per heavy atom. The Balaban J connectivity index is 1.53. The molecule has 1 saturated heterocycles. The molecule has 3 rings (SSSR count). The van der Waals surface area contributed by atoms with Crippen LogP contribution in [-0.2, 0) is 11.0 Å². The van der Waals surface area contributed by atoms with Crippen molar-refractivity contribution in [3.8, 4) is 0 Å². The molecule has 0 radical (unpaired) electrons. The van der Waals surface area contributed by atoms with Crippen LogP contribution in [0.2, 0.25) is 0 Å². The molecule has 2 aromatic carbocycles. The number of anilines is 1. The van der Waals surface area contributed by atoms with Crippen molar-refractivity contribution in [1.82, 2.24) is 4.90 Å². The summed E-state index contributed by atoms with van der Waals surface area (Å²) >= 11 is 0. The molecule has 0 aromatic heterocycles. The van der Waals surface area contributed by atoms with Gasteiger partial charge in [-0.05, 0) is 60.7 Å². The molecule has 0 spiro atoms. The number of nitrogens with zero attached hydrogens (tertiary/aromatic N) is 1. The summed E-state index contributed by atoms with van der Waals surface area (Å²) in [5, 5.41) is 2.92. The molecule has 0 saturated carbocycles. The highest BCUT2D eigenvalue weighted by Gasteiger charge is 2.31. The Bertz CT molecular complexity index is 882. The smallest absolute Gasteiger partial charge is 0.339 e. The van der Waals surface area contributed by atoms with Gasteiger partial charge in [0.05, 0.1) is 5.56 Å². The zero-order valence-electron chi connectivity index (χ0n) is 17.0. The van der Waals surface area contributed by atoms with Gasteiger partial charge in [-0.3, -0.25) is 9.59 Å². The number of benzene rings is 2. The number of alkyl halides is 3. The van der Waals surface area contributed by atoms with Crippen molar-refractivity contribution in [2.24, 2.45) is 5.92 Å². The third-order valence-electron chi connectivity index (χ3n) is 5.46. The minimum Gasteiger partial charge on any atom is -0.339 e. The fourth-order valence-corrected chi connectivity index (χ4v) is 3.52. The fraction of sp³-hybridized carbons (Fsp3) is 0.391. The van der Waals surface area contributed by atoms with Crippen LogP contribution in [0.5, 0.6) is 0 Å². The lowest BCUT2D eigenvalue weighted by Crippen LogP contribution is -2.41. The lowest BCUT2D eigenvalue weighted by atomic mass is 9.95. The van der Waals surface area contributed by atoms with Crippen LogP contribution in [0.15, 0.2) is 48.5 Å². The van der Waals surface area contributed by atoms with Crippen LogP contribution in [0.25, 0.3) is 0 Å². The van der Waals surface area contributed by atoms with E-state index in [4.69, 9.17) is 0 Å². The number of halogens is 3. The summed E-state index contributed by atoms with van der Waals surface area (Å²) in [5.41, 5.74) is 1.38. The van der Waals surface area contributed by atoms with Gasteiger partial charge in [-0.2, -0.15) is 13.2 Å². The van der Waals surface area contributed by atoms with Crippen LogP contribution in [-0.4, -0.2) is 29.8 Å². The summed E-state index contributed by atoms with van der Waals surface area (Å²) < 4.78 is 38.0. The Morgan fingerprint density at radius 3 is 2.03 bits per heavy atom. The van der Waals surface area contributed by atoms with Gasteiger partial charge in [-0.15, -0.1) is 0 Å². The molecule has 1 aliphatic heterocycles. The highest BCUT2D eigenvalue weighted by atomic mass is 19.4. The van der Waals surface area contributed by atoms with E-state index in [1.54, 1.807) is 4.90 Å². The largest absolute Gasteiger partial charge is 0.416 e. The second-order valence-corrected chi connectivity index (χ2v) is 7.91. The van der Waals surface area contributed by atoms with Crippen molar-refractivity contribution in [3.05, 3.63) is 65.2 Å². The number of nitrogens with one attached hydrogen (secondary N) is 1. The second-order valence-electron chi connectivity index (χ2n) is 7.91. The summed E-state index contributed by atoms with van der Waals surface area (Å²) in [6, 6.07) is 12.0. The first-order valence-corrected chi connectivity index (χ1v) is 10.0. The molecule has 7 heteroatoms. The molecule has 0 unspecified atom stereocenters. The molecule has 160 valence electrons. The minimum absolute atomic E-state index is 0.0751. The van der Waals surface area contributed by atoms with Gasteiger partial charge in [0, 0.05) is 30.3 Å². The Morgan fingerprint density at radius 2 is 1.53 bits per heavy atom. The highest BCUT2D eigenvalue weighted by molar-refractivity contribution is 5.95. The molecule has 0 aliphatic carbocycles. The van der Waals surface area contributed by atoms with Gasteiger partial charge in [0.25, 0.3) is 5.91 Å². The van der Waals surface area contributed by atoms with E-state index in [2.05, 4.69) is 19.2 Å². The van der Waals surface area contributed by atoms with E-state index in [-0.39, 0.29) is 23.3 Å². The highest BCUT2D eigenvalue weighted by Crippen LogP contribution is 2.29. The van der Waals surface area contributed by atoms with Crippen molar-refractivity contribution in [2.75, 3.05) is 18.4 Å². The van der Waals surface area contributed by atoms with Crippen molar-refractivity contribution in [2.45, 2.75) is 38.8 Å². The summed E-state index contributed by atoms with van der Waals surface area (Å²) in [5.74, 6) is -0.173. The van der Waals surface area contributed by atoms with Gasteiger partial charge in [0.1, 0.15) is 0 Å². The van der Waals surface area contributed by atoms with E-state index >= 15 is 0 Å². The number of piperidine rings is 1. The van der Waals surface area contributed by atoms with Crippen LogP contribution in [0.4, 0.5) is 18.9 Å². The molecule has 4 nitrogen and oxygen atoms in total. The van der Waals surface area contributed by atoms with Gasteiger partial charge in [0.15, 0.2) is 0 Å². The molecule has 2 aromatic rings. The molecule has 1 aliphatic rings.